The molecule has 0 aliphatic heterocycles. The van der Waals surface area contributed by atoms with Crippen molar-refractivity contribution in [1.82, 2.24) is 0 Å². The number of amides is 1. The largest absolute Gasteiger partial charge is 0.369 e. The molecule has 62 valence electrons. The molecule has 0 bridgehead atoms. The van der Waals surface area contributed by atoms with Gasteiger partial charge in [-0.25, -0.2) is 0 Å². The quantitative estimate of drug-likeness (QED) is 0.696. The van der Waals surface area contributed by atoms with Gasteiger partial charge < -0.3 is 5.73 Å². The van der Waals surface area contributed by atoms with Crippen molar-refractivity contribution >= 4 is 23.3 Å². The van der Waals surface area contributed by atoms with E-state index < -0.39 is 0 Å². The lowest BCUT2D eigenvalue weighted by molar-refractivity contribution is -0.120. The van der Waals surface area contributed by atoms with Crippen LogP contribution in [0.25, 0.3) is 6.08 Å². The van der Waals surface area contributed by atoms with Gasteiger partial charge in [0.05, 0.1) is 5.92 Å². The van der Waals surface area contributed by atoms with Gasteiger partial charge in [0.2, 0.25) is 5.91 Å². The fourth-order valence-corrected chi connectivity index (χ4v) is 2.20. The molecule has 0 fully saturated rings. The predicted octanol–water partition coefficient (Wildman–Crippen LogP) is 1.42. The highest BCUT2D eigenvalue weighted by Gasteiger charge is 2.18. The van der Waals surface area contributed by atoms with Crippen molar-refractivity contribution in [3.05, 3.63) is 28.0 Å². The summed E-state index contributed by atoms with van der Waals surface area (Å²) in [6.45, 7) is 0. The Hall–Kier alpha value is -1.09. The molecule has 1 heterocycles. The van der Waals surface area contributed by atoms with Gasteiger partial charge in [0.25, 0.3) is 0 Å². The molecule has 0 saturated carbocycles. The number of primary amides is 1. The van der Waals surface area contributed by atoms with E-state index in [2.05, 4.69) is 6.07 Å². The second kappa shape index (κ2) is 2.75. The Bertz CT molecular complexity index is 340. The fraction of sp³-hybridized carbons (Fsp3) is 0.222. The van der Waals surface area contributed by atoms with Crippen LogP contribution in [0.2, 0.25) is 0 Å². The Morgan fingerprint density at radius 3 is 3.25 bits per heavy atom. The summed E-state index contributed by atoms with van der Waals surface area (Å²) in [5.74, 6) is -0.338. The average molecular weight is 179 g/mol. The lowest BCUT2D eigenvalue weighted by atomic mass is 9.94. The highest BCUT2D eigenvalue weighted by Crippen LogP contribution is 2.26. The number of carbonyl (C=O) groups is 1. The molecule has 12 heavy (non-hydrogen) atoms. The van der Waals surface area contributed by atoms with E-state index in [0.717, 1.165) is 6.42 Å². The van der Waals surface area contributed by atoms with Crippen molar-refractivity contribution < 1.29 is 4.79 Å². The summed E-state index contributed by atoms with van der Waals surface area (Å²) in [4.78, 5) is 12.1. The second-order valence-corrected chi connectivity index (χ2v) is 3.83. The Balaban J connectivity index is 2.30. The normalized spacial score (nSPS) is 20.5. The summed E-state index contributed by atoms with van der Waals surface area (Å²) < 4.78 is 0. The van der Waals surface area contributed by atoms with Crippen molar-refractivity contribution in [1.29, 1.82) is 0 Å². The summed E-state index contributed by atoms with van der Waals surface area (Å²) in [6, 6.07) is 2.06. The number of nitrogens with two attached hydrogens (primary N) is 1. The molecule has 0 spiro atoms. The van der Waals surface area contributed by atoms with Gasteiger partial charge in [-0.2, -0.15) is 0 Å². The van der Waals surface area contributed by atoms with Crippen LogP contribution in [0, 0.1) is 5.92 Å². The topological polar surface area (TPSA) is 43.1 Å². The molecular formula is C9H9NOS. The molecule has 0 saturated heterocycles. The summed E-state index contributed by atoms with van der Waals surface area (Å²) in [7, 11) is 0. The molecule has 0 aromatic carbocycles. The van der Waals surface area contributed by atoms with Gasteiger partial charge in [-0.05, 0) is 29.5 Å². The third kappa shape index (κ3) is 1.16. The first-order valence-corrected chi connectivity index (χ1v) is 4.69. The van der Waals surface area contributed by atoms with E-state index in [0.29, 0.717) is 0 Å². The van der Waals surface area contributed by atoms with Crippen LogP contribution in [0.5, 0.6) is 0 Å². The van der Waals surface area contributed by atoms with E-state index in [1.54, 1.807) is 11.3 Å². The van der Waals surface area contributed by atoms with Crippen LogP contribution < -0.4 is 5.73 Å². The fourth-order valence-electron chi connectivity index (χ4n) is 1.37. The van der Waals surface area contributed by atoms with E-state index in [9.17, 15) is 4.79 Å². The molecule has 2 N–H and O–H groups in total. The van der Waals surface area contributed by atoms with Crippen LogP contribution in [-0.4, -0.2) is 5.91 Å². The monoisotopic (exact) mass is 179 g/mol. The van der Waals surface area contributed by atoms with Crippen LogP contribution >= 0.6 is 11.3 Å². The predicted molar refractivity (Wildman–Crippen MR) is 49.7 cm³/mol. The highest BCUT2D eigenvalue weighted by molar-refractivity contribution is 7.11. The summed E-state index contributed by atoms with van der Waals surface area (Å²) in [5, 5.41) is 2.04. The average Bonchev–Trinajstić information content (AvgIpc) is 2.49. The molecule has 2 nitrogen and oxygen atoms in total. The minimum Gasteiger partial charge on any atom is -0.369 e. The van der Waals surface area contributed by atoms with E-state index in [-0.39, 0.29) is 11.8 Å². The zero-order valence-electron chi connectivity index (χ0n) is 6.49. The van der Waals surface area contributed by atoms with E-state index in [4.69, 9.17) is 5.73 Å². The SMILES string of the molecule is NC(=O)C1C=Cc2sccc2C1. The van der Waals surface area contributed by atoms with Crippen molar-refractivity contribution in [3.8, 4) is 0 Å². The van der Waals surface area contributed by atoms with Gasteiger partial charge in [0.1, 0.15) is 0 Å². The molecule has 1 atom stereocenters. The van der Waals surface area contributed by atoms with Gasteiger partial charge >= 0.3 is 0 Å². The number of fused-ring (bicyclic) bond motifs is 1. The Labute approximate surface area is 74.7 Å². The lowest BCUT2D eigenvalue weighted by Gasteiger charge is -2.12. The van der Waals surface area contributed by atoms with E-state index in [1.807, 2.05) is 17.5 Å². The standard InChI is InChI=1S/C9H9NOS/c10-9(11)7-1-2-8-6(5-7)3-4-12-8/h1-4,7H,5H2,(H2,10,11). The molecule has 0 radical (unpaired) electrons. The van der Waals surface area contributed by atoms with Crippen LogP contribution in [0.4, 0.5) is 0 Å². The third-order valence-corrected chi connectivity index (χ3v) is 2.99. The molecule has 1 aromatic heterocycles. The van der Waals surface area contributed by atoms with Gasteiger partial charge in [-0.3, -0.25) is 4.79 Å². The minimum absolute atomic E-state index is 0.105. The van der Waals surface area contributed by atoms with Crippen LogP contribution in [-0.2, 0) is 11.2 Å². The van der Waals surface area contributed by atoms with Gasteiger partial charge in [0, 0.05) is 4.88 Å². The zero-order chi connectivity index (χ0) is 8.55. The second-order valence-electron chi connectivity index (χ2n) is 2.88. The molecule has 1 aliphatic carbocycles. The molecule has 2 rings (SSSR count). The van der Waals surface area contributed by atoms with Crippen molar-refractivity contribution in [2.24, 2.45) is 11.7 Å². The van der Waals surface area contributed by atoms with Gasteiger partial charge in [-0.1, -0.05) is 6.08 Å². The van der Waals surface area contributed by atoms with Crippen molar-refractivity contribution in [3.63, 3.8) is 0 Å². The number of rotatable bonds is 1. The molecule has 1 aromatic rings. The molecular weight excluding hydrogens is 170 g/mol. The van der Waals surface area contributed by atoms with Crippen molar-refractivity contribution in [2.45, 2.75) is 6.42 Å². The van der Waals surface area contributed by atoms with Gasteiger partial charge in [0.15, 0.2) is 0 Å². The Morgan fingerprint density at radius 1 is 1.67 bits per heavy atom. The van der Waals surface area contributed by atoms with Gasteiger partial charge in [-0.15, -0.1) is 11.3 Å². The maximum atomic E-state index is 10.9. The molecule has 3 heteroatoms. The van der Waals surface area contributed by atoms with E-state index >= 15 is 0 Å². The number of hydrogen-bond acceptors (Lipinski definition) is 2. The van der Waals surface area contributed by atoms with Crippen LogP contribution in [0.3, 0.4) is 0 Å². The Kier molecular flexibility index (Phi) is 1.73. The highest BCUT2D eigenvalue weighted by atomic mass is 32.1. The smallest absolute Gasteiger partial charge is 0.224 e. The summed E-state index contributed by atoms with van der Waals surface area (Å²) in [6.07, 6.45) is 4.64. The molecule has 1 amide bonds. The first-order chi connectivity index (χ1) is 5.77. The maximum absolute atomic E-state index is 10.9. The first-order valence-electron chi connectivity index (χ1n) is 3.81. The first kappa shape index (κ1) is 7.55. The Morgan fingerprint density at radius 2 is 2.50 bits per heavy atom. The van der Waals surface area contributed by atoms with Crippen LogP contribution in [0.15, 0.2) is 17.5 Å². The lowest BCUT2D eigenvalue weighted by Crippen LogP contribution is -2.24. The van der Waals surface area contributed by atoms with Crippen LogP contribution in [0.1, 0.15) is 10.4 Å². The number of hydrogen-bond donors (Lipinski definition) is 1. The zero-order valence-corrected chi connectivity index (χ0v) is 7.30. The summed E-state index contributed by atoms with van der Waals surface area (Å²) in [5.41, 5.74) is 6.45. The number of carbonyl (C=O) groups excluding carboxylic acids is 1. The molecule has 1 aliphatic rings. The van der Waals surface area contributed by atoms with E-state index in [1.165, 1.54) is 10.4 Å². The molecule has 1 unspecified atom stereocenters. The van der Waals surface area contributed by atoms with Crippen molar-refractivity contribution in [2.75, 3.05) is 0 Å². The summed E-state index contributed by atoms with van der Waals surface area (Å²) >= 11 is 1.70. The number of thiophene rings is 1. The third-order valence-electron chi connectivity index (χ3n) is 2.07. The maximum Gasteiger partial charge on any atom is 0.224 e. The minimum atomic E-state index is -0.233.